The molecular weight excluding hydrogens is 398 g/mol. The Bertz CT molecular complexity index is 950. The molecule has 2 aromatic heterocycles. The fourth-order valence-corrected chi connectivity index (χ4v) is 3.55. The van der Waals surface area contributed by atoms with Gasteiger partial charge in [-0.25, -0.2) is 9.97 Å². The van der Waals surface area contributed by atoms with E-state index in [2.05, 4.69) is 31.7 Å². The Morgan fingerprint density at radius 3 is 2.63 bits per heavy atom. The molecule has 7 heteroatoms. The number of benzene rings is 1. The molecule has 3 N–H and O–H groups in total. The van der Waals surface area contributed by atoms with E-state index in [1.54, 1.807) is 0 Å². The molecule has 0 saturated carbocycles. The van der Waals surface area contributed by atoms with Gasteiger partial charge in [0.05, 0.1) is 5.52 Å². The molecule has 0 aliphatic heterocycles. The van der Waals surface area contributed by atoms with Crippen LogP contribution in [0.3, 0.4) is 0 Å². The molecule has 2 heterocycles. The molecule has 0 saturated heterocycles. The summed E-state index contributed by atoms with van der Waals surface area (Å²) >= 11 is 6.06. The van der Waals surface area contributed by atoms with Crippen LogP contribution in [0.2, 0.25) is 5.02 Å². The average molecular weight is 428 g/mol. The molecule has 0 unspecified atom stereocenters. The summed E-state index contributed by atoms with van der Waals surface area (Å²) in [6, 6.07) is 9.87. The Morgan fingerprint density at radius 1 is 0.933 bits per heavy atom. The number of unbranched alkanes of at least 4 members (excludes halogenated alkanes) is 3. The second-order valence-corrected chi connectivity index (χ2v) is 7.88. The number of aliphatic hydroxyl groups is 1. The Balaban J connectivity index is 1.41. The van der Waals surface area contributed by atoms with Crippen molar-refractivity contribution in [2.75, 3.05) is 30.3 Å². The van der Waals surface area contributed by atoms with Crippen molar-refractivity contribution >= 4 is 34.1 Å². The van der Waals surface area contributed by atoms with Crippen molar-refractivity contribution in [3.63, 3.8) is 0 Å². The first-order chi connectivity index (χ1) is 14.7. The molecule has 0 aliphatic carbocycles. The topological polar surface area (TPSA) is 83.0 Å². The molecule has 0 radical (unpaired) electrons. The van der Waals surface area contributed by atoms with E-state index in [-0.39, 0.29) is 6.61 Å². The fraction of sp³-hybridized carbons (Fsp3) is 0.435. The van der Waals surface area contributed by atoms with Gasteiger partial charge in [0.15, 0.2) is 0 Å². The Kier molecular flexibility index (Phi) is 8.66. The maximum atomic E-state index is 8.86. The van der Waals surface area contributed by atoms with Crippen LogP contribution in [-0.2, 0) is 6.42 Å². The standard InChI is InChI=1S/C23H30ClN5O/c1-17-15-19(29-23(28-17)27-12-5-6-14-30)7-3-2-4-11-25-21-10-13-26-22-16-18(24)8-9-20(21)22/h8-10,13,15-16,30H,2-7,11-12,14H2,1H3,(H,25,26)(H,27,28,29). The normalized spacial score (nSPS) is 11.0. The van der Waals surface area contributed by atoms with Crippen LogP contribution in [0, 0.1) is 6.92 Å². The third-order valence-electron chi connectivity index (χ3n) is 4.91. The van der Waals surface area contributed by atoms with Crippen molar-refractivity contribution in [1.82, 2.24) is 15.0 Å². The number of aryl methyl sites for hydroxylation is 2. The predicted molar refractivity (Wildman–Crippen MR) is 124 cm³/mol. The minimum absolute atomic E-state index is 0.224. The van der Waals surface area contributed by atoms with E-state index in [0.29, 0.717) is 11.0 Å². The molecule has 6 nitrogen and oxygen atoms in total. The van der Waals surface area contributed by atoms with E-state index in [1.807, 2.05) is 37.4 Å². The van der Waals surface area contributed by atoms with Crippen LogP contribution in [0.15, 0.2) is 36.5 Å². The van der Waals surface area contributed by atoms with Crippen molar-refractivity contribution in [3.8, 4) is 0 Å². The molecule has 0 bridgehead atoms. The Morgan fingerprint density at radius 2 is 1.77 bits per heavy atom. The minimum atomic E-state index is 0.224. The summed E-state index contributed by atoms with van der Waals surface area (Å²) in [6.45, 7) is 3.93. The van der Waals surface area contributed by atoms with Gasteiger partial charge in [0.25, 0.3) is 0 Å². The summed E-state index contributed by atoms with van der Waals surface area (Å²) in [6.07, 6.45) is 7.78. The lowest BCUT2D eigenvalue weighted by molar-refractivity contribution is 0.286. The van der Waals surface area contributed by atoms with Gasteiger partial charge in [-0.3, -0.25) is 4.98 Å². The molecule has 0 fully saturated rings. The van der Waals surface area contributed by atoms with Crippen LogP contribution in [0.4, 0.5) is 11.6 Å². The number of pyridine rings is 1. The van der Waals surface area contributed by atoms with Crippen molar-refractivity contribution in [2.24, 2.45) is 0 Å². The SMILES string of the molecule is Cc1cc(CCCCCNc2ccnc3cc(Cl)ccc23)nc(NCCCCO)n1. The Labute approximate surface area is 183 Å². The molecule has 30 heavy (non-hydrogen) atoms. The van der Waals surface area contributed by atoms with Crippen molar-refractivity contribution < 1.29 is 5.11 Å². The zero-order valence-electron chi connectivity index (χ0n) is 17.5. The lowest BCUT2D eigenvalue weighted by Gasteiger charge is -2.10. The first kappa shape index (κ1) is 22.2. The van der Waals surface area contributed by atoms with Gasteiger partial charge in [-0.05, 0) is 69.4 Å². The van der Waals surface area contributed by atoms with E-state index < -0.39 is 0 Å². The maximum Gasteiger partial charge on any atom is 0.223 e. The quantitative estimate of drug-likeness (QED) is 0.353. The van der Waals surface area contributed by atoms with Gasteiger partial charge in [-0.15, -0.1) is 0 Å². The third kappa shape index (κ3) is 6.82. The van der Waals surface area contributed by atoms with Gasteiger partial charge >= 0.3 is 0 Å². The van der Waals surface area contributed by atoms with Gasteiger partial charge in [-0.1, -0.05) is 18.0 Å². The lowest BCUT2D eigenvalue weighted by Crippen LogP contribution is -2.08. The van der Waals surface area contributed by atoms with E-state index in [4.69, 9.17) is 16.7 Å². The molecule has 0 spiro atoms. The predicted octanol–water partition coefficient (Wildman–Crippen LogP) is 5.00. The van der Waals surface area contributed by atoms with Crippen LogP contribution in [0.1, 0.15) is 43.5 Å². The van der Waals surface area contributed by atoms with Gasteiger partial charge < -0.3 is 15.7 Å². The van der Waals surface area contributed by atoms with Crippen molar-refractivity contribution in [1.29, 1.82) is 0 Å². The number of hydrogen-bond donors (Lipinski definition) is 3. The van der Waals surface area contributed by atoms with Crippen molar-refractivity contribution in [3.05, 3.63) is 52.9 Å². The highest BCUT2D eigenvalue weighted by Gasteiger charge is 2.04. The number of aromatic nitrogens is 3. The summed E-state index contributed by atoms with van der Waals surface area (Å²) < 4.78 is 0. The first-order valence-electron chi connectivity index (χ1n) is 10.6. The monoisotopic (exact) mass is 427 g/mol. The third-order valence-corrected chi connectivity index (χ3v) is 5.14. The highest BCUT2D eigenvalue weighted by molar-refractivity contribution is 6.31. The lowest BCUT2D eigenvalue weighted by atomic mass is 10.1. The zero-order valence-corrected chi connectivity index (χ0v) is 18.3. The summed E-state index contributed by atoms with van der Waals surface area (Å²) in [5.74, 6) is 0.689. The number of halogens is 1. The Hall–Kier alpha value is -2.44. The number of nitrogens with one attached hydrogen (secondary N) is 2. The summed E-state index contributed by atoms with van der Waals surface area (Å²) in [5.41, 5.74) is 4.07. The molecule has 3 rings (SSSR count). The van der Waals surface area contributed by atoms with Crippen LogP contribution in [-0.4, -0.2) is 39.8 Å². The second kappa shape index (κ2) is 11.7. The van der Waals surface area contributed by atoms with Gasteiger partial charge in [0.1, 0.15) is 0 Å². The first-order valence-corrected chi connectivity index (χ1v) is 11.0. The smallest absolute Gasteiger partial charge is 0.223 e. The summed E-state index contributed by atoms with van der Waals surface area (Å²) in [4.78, 5) is 13.4. The summed E-state index contributed by atoms with van der Waals surface area (Å²) in [5, 5.41) is 17.4. The van der Waals surface area contributed by atoms with Gasteiger partial charge in [-0.2, -0.15) is 0 Å². The van der Waals surface area contributed by atoms with Crippen LogP contribution >= 0.6 is 11.6 Å². The fourth-order valence-electron chi connectivity index (χ4n) is 3.38. The number of fused-ring (bicyclic) bond motifs is 1. The van der Waals surface area contributed by atoms with Gasteiger partial charge in [0.2, 0.25) is 5.95 Å². The largest absolute Gasteiger partial charge is 0.396 e. The zero-order chi connectivity index (χ0) is 21.2. The number of aliphatic hydroxyl groups excluding tert-OH is 1. The maximum absolute atomic E-state index is 8.86. The molecule has 0 atom stereocenters. The number of nitrogens with zero attached hydrogens (tertiary/aromatic N) is 3. The average Bonchev–Trinajstić information content (AvgIpc) is 2.73. The van der Waals surface area contributed by atoms with Gasteiger partial charge in [0, 0.05) is 53.4 Å². The molecule has 3 aromatic rings. The second-order valence-electron chi connectivity index (χ2n) is 7.44. The highest BCUT2D eigenvalue weighted by atomic mass is 35.5. The van der Waals surface area contributed by atoms with Crippen LogP contribution in [0.25, 0.3) is 10.9 Å². The highest BCUT2D eigenvalue weighted by Crippen LogP contribution is 2.24. The van der Waals surface area contributed by atoms with E-state index in [1.165, 1.54) is 0 Å². The van der Waals surface area contributed by atoms with Crippen LogP contribution < -0.4 is 10.6 Å². The summed E-state index contributed by atoms with van der Waals surface area (Å²) in [7, 11) is 0. The molecule has 0 amide bonds. The van der Waals surface area contributed by atoms with E-state index in [0.717, 1.165) is 79.6 Å². The molecule has 0 aliphatic rings. The molecular formula is C23H30ClN5O. The molecule has 160 valence electrons. The van der Waals surface area contributed by atoms with Crippen molar-refractivity contribution in [2.45, 2.75) is 45.4 Å². The van der Waals surface area contributed by atoms with Crippen LogP contribution in [0.5, 0.6) is 0 Å². The number of hydrogen-bond acceptors (Lipinski definition) is 6. The van der Waals surface area contributed by atoms with E-state index in [9.17, 15) is 0 Å². The number of anilines is 2. The molecule has 1 aromatic carbocycles. The van der Waals surface area contributed by atoms with E-state index >= 15 is 0 Å². The number of rotatable bonds is 12. The minimum Gasteiger partial charge on any atom is -0.396 e.